The number of benzene rings is 1. The second kappa shape index (κ2) is 7.03. The summed E-state index contributed by atoms with van der Waals surface area (Å²) in [4.78, 5) is 21.6. The minimum Gasteiger partial charge on any atom is -0.370 e. The van der Waals surface area contributed by atoms with Gasteiger partial charge in [-0.2, -0.15) is 0 Å². The predicted octanol–water partition coefficient (Wildman–Crippen LogP) is 1.47. The molecule has 1 amide bonds. The van der Waals surface area contributed by atoms with Gasteiger partial charge in [0.05, 0.1) is 11.5 Å². The molecule has 0 fully saturated rings. The van der Waals surface area contributed by atoms with Crippen LogP contribution in [-0.2, 0) is 9.53 Å². The van der Waals surface area contributed by atoms with Crippen molar-refractivity contribution in [2.24, 2.45) is 5.73 Å². The molecule has 1 aromatic carbocycles. The molecule has 0 aliphatic carbocycles. The van der Waals surface area contributed by atoms with Crippen LogP contribution in [0.2, 0.25) is 5.02 Å². The van der Waals surface area contributed by atoms with Gasteiger partial charge in [-0.1, -0.05) is 11.6 Å². The van der Waals surface area contributed by atoms with E-state index in [1.165, 1.54) is 12.1 Å². The van der Waals surface area contributed by atoms with Crippen LogP contribution in [0.15, 0.2) is 12.1 Å². The van der Waals surface area contributed by atoms with Gasteiger partial charge in [0.25, 0.3) is 5.69 Å². The Kier molecular flexibility index (Phi) is 5.68. The van der Waals surface area contributed by atoms with Gasteiger partial charge in [0.1, 0.15) is 11.6 Å². The molecule has 0 spiro atoms. The molecule has 0 aliphatic rings. The number of nitrogens with two attached hydrogens (primary N) is 1. The number of ether oxygens (including phenoxy) is 1. The van der Waals surface area contributed by atoms with Crippen molar-refractivity contribution in [1.29, 1.82) is 0 Å². The number of carbonyl (C=O) groups excluding carboxylic acids is 1. The Morgan fingerprint density at radius 1 is 1.58 bits per heavy atom. The zero-order valence-electron chi connectivity index (χ0n) is 10.3. The molecule has 19 heavy (non-hydrogen) atoms. The van der Waals surface area contributed by atoms with Crippen molar-refractivity contribution in [2.45, 2.75) is 6.92 Å². The first-order valence-electron chi connectivity index (χ1n) is 5.48. The monoisotopic (exact) mass is 287 g/mol. The normalized spacial score (nSPS) is 10.3. The summed E-state index contributed by atoms with van der Waals surface area (Å²) >= 11 is 5.77. The van der Waals surface area contributed by atoms with E-state index < -0.39 is 4.92 Å². The Bertz CT molecular complexity index is 493. The summed E-state index contributed by atoms with van der Waals surface area (Å²) in [6.07, 6.45) is 0. The number of hydrogen-bond acceptors (Lipinski definition) is 5. The van der Waals surface area contributed by atoms with E-state index in [4.69, 9.17) is 22.1 Å². The molecule has 0 heterocycles. The Hall–Kier alpha value is -1.70. The van der Waals surface area contributed by atoms with Gasteiger partial charge in [0.2, 0.25) is 5.91 Å². The summed E-state index contributed by atoms with van der Waals surface area (Å²) < 4.78 is 4.97. The first-order chi connectivity index (χ1) is 8.95. The molecule has 3 N–H and O–H groups in total. The largest absolute Gasteiger partial charge is 0.370 e. The summed E-state index contributed by atoms with van der Waals surface area (Å²) in [7, 11) is 0. The van der Waals surface area contributed by atoms with E-state index in [2.05, 4.69) is 5.32 Å². The van der Waals surface area contributed by atoms with Crippen LogP contribution in [0.5, 0.6) is 0 Å². The lowest BCUT2D eigenvalue weighted by atomic mass is 10.2. The van der Waals surface area contributed by atoms with Crippen LogP contribution < -0.4 is 11.1 Å². The van der Waals surface area contributed by atoms with Crippen molar-refractivity contribution >= 4 is 28.9 Å². The highest BCUT2D eigenvalue weighted by Gasteiger charge is 2.16. The number of nitro groups is 1. The quantitative estimate of drug-likeness (QED) is 0.468. The highest BCUT2D eigenvalue weighted by atomic mass is 35.5. The Labute approximate surface area is 114 Å². The molecule has 0 saturated heterocycles. The molecule has 0 bridgehead atoms. The molecule has 0 radical (unpaired) electrons. The molecule has 104 valence electrons. The van der Waals surface area contributed by atoms with Gasteiger partial charge >= 0.3 is 0 Å². The van der Waals surface area contributed by atoms with Gasteiger partial charge in [-0.15, -0.1) is 0 Å². The molecule has 0 saturated carbocycles. The highest BCUT2D eigenvalue weighted by Crippen LogP contribution is 2.30. The smallest absolute Gasteiger partial charge is 0.288 e. The second-order valence-corrected chi connectivity index (χ2v) is 4.17. The maximum absolute atomic E-state index is 11.5. The van der Waals surface area contributed by atoms with Crippen molar-refractivity contribution in [1.82, 2.24) is 0 Å². The number of anilines is 1. The van der Waals surface area contributed by atoms with Gasteiger partial charge in [-0.05, 0) is 18.6 Å². The molecule has 1 aromatic rings. The van der Waals surface area contributed by atoms with Crippen LogP contribution in [0.4, 0.5) is 11.4 Å². The van der Waals surface area contributed by atoms with Crippen LogP contribution in [0.1, 0.15) is 5.56 Å². The average molecular weight is 288 g/mol. The molecule has 0 aliphatic heterocycles. The van der Waals surface area contributed by atoms with E-state index in [0.29, 0.717) is 17.8 Å². The van der Waals surface area contributed by atoms with Gasteiger partial charge in [0.15, 0.2) is 0 Å². The summed E-state index contributed by atoms with van der Waals surface area (Å²) in [6.45, 7) is 2.12. The topological polar surface area (TPSA) is 107 Å². The van der Waals surface area contributed by atoms with Crippen molar-refractivity contribution < 1.29 is 14.5 Å². The third-order valence-electron chi connectivity index (χ3n) is 2.26. The Morgan fingerprint density at radius 3 is 2.84 bits per heavy atom. The fourth-order valence-corrected chi connectivity index (χ4v) is 1.61. The third-order valence-corrected chi connectivity index (χ3v) is 2.56. The Morgan fingerprint density at radius 2 is 2.26 bits per heavy atom. The number of nitrogens with one attached hydrogen (secondary N) is 1. The number of carbonyl (C=O) groups is 1. The Balaban J connectivity index is 2.77. The third kappa shape index (κ3) is 4.47. The lowest BCUT2D eigenvalue weighted by molar-refractivity contribution is -0.384. The fraction of sp³-hybridized carbons (Fsp3) is 0.364. The van der Waals surface area contributed by atoms with Gasteiger partial charge in [0, 0.05) is 18.3 Å². The zero-order valence-corrected chi connectivity index (χ0v) is 11.1. The van der Waals surface area contributed by atoms with Crippen molar-refractivity contribution in [2.75, 3.05) is 25.1 Å². The predicted molar refractivity (Wildman–Crippen MR) is 71.3 cm³/mol. The molecule has 0 aromatic heterocycles. The van der Waals surface area contributed by atoms with Crippen molar-refractivity contribution in [3.8, 4) is 0 Å². The molecule has 0 unspecified atom stereocenters. The second-order valence-electron chi connectivity index (χ2n) is 3.77. The first kappa shape index (κ1) is 15.4. The minimum absolute atomic E-state index is 0.0335. The number of nitrogens with zero attached hydrogens (tertiary/aromatic N) is 1. The average Bonchev–Trinajstić information content (AvgIpc) is 2.33. The van der Waals surface area contributed by atoms with Crippen LogP contribution in [0.3, 0.4) is 0 Å². The van der Waals surface area contributed by atoms with Crippen LogP contribution in [0, 0.1) is 17.0 Å². The van der Waals surface area contributed by atoms with E-state index in [1.54, 1.807) is 6.92 Å². The lowest BCUT2D eigenvalue weighted by Gasteiger charge is -2.09. The maximum atomic E-state index is 11.5. The number of halogens is 1. The molecular formula is C11H14ClN3O4. The molecule has 0 atom stereocenters. The van der Waals surface area contributed by atoms with Crippen molar-refractivity contribution in [3.05, 3.63) is 32.8 Å². The first-order valence-corrected chi connectivity index (χ1v) is 5.85. The minimum atomic E-state index is -0.578. The fourth-order valence-electron chi connectivity index (χ4n) is 1.38. The number of hydrogen-bond donors (Lipinski definition) is 2. The summed E-state index contributed by atoms with van der Waals surface area (Å²) in [6, 6.07) is 2.65. The SMILES string of the molecule is Cc1cc([N+](=O)[O-])c(Cl)cc1NC(=O)COCCN. The molecule has 8 heteroatoms. The number of rotatable bonds is 6. The molecule has 1 rings (SSSR count). The van der Waals surface area contributed by atoms with Crippen LogP contribution >= 0.6 is 11.6 Å². The summed E-state index contributed by atoms with van der Waals surface area (Å²) in [5, 5.41) is 13.2. The molecular weight excluding hydrogens is 274 g/mol. The van der Waals surface area contributed by atoms with Crippen LogP contribution in [-0.4, -0.2) is 30.6 Å². The van der Waals surface area contributed by atoms with Gasteiger partial charge < -0.3 is 15.8 Å². The molecule has 7 nitrogen and oxygen atoms in total. The van der Waals surface area contributed by atoms with E-state index >= 15 is 0 Å². The van der Waals surface area contributed by atoms with Crippen LogP contribution in [0.25, 0.3) is 0 Å². The maximum Gasteiger partial charge on any atom is 0.288 e. The summed E-state index contributed by atoms with van der Waals surface area (Å²) in [5.74, 6) is -0.374. The van der Waals surface area contributed by atoms with E-state index in [0.717, 1.165) is 0 Å². The number of amides is 1. The number of aryl methyl sites for hydroxylation is 1. The van der Waals surface area contributed by atoms with E-state index in [9.17, 15) is 14.9 Å². The standard InChI is InChI=1S/C11H14ClN3O4/c1-7-4-10(15(17)18)8(12)5-9(7)14-11(16)6-19-3-2-13/h4-5H,2-3,6,13H2,1H3,(H,14,16). The van der Waals surface area contributed by atoms with Crippen molar-refractivity contribution in [3.63, 3.8) is 0 Å². The number of nitro benzene ring substituents is 1. The van der Waals surface area contributed by atoms with Gasteiger partial charge in [-0.25, -0.2) is 0 Å². The van der Waals surface area contributed by atoms with E-state index in [1.807, 2.05) is 0 Å². The van der Waals surface area contributed by atoms with E-state index in [-0.39, 0.29) is 29.8 Å². The van der Waals surface area contributed by atoms with Gasteiger partial charge in [-0.3, -0.25) is 14.9 Å². The lowest BCUT2D eigenvalue weighted by Crippen LogP contribution is -2.21. The zero-order chi connectivity index (χ0) is 14.4. The summed E-state index contributed by atoms with van der Waals surface area (Å²) in [5.41, 5.74) is 5.98. The highest BCUT2D eigenvalue weighted by molar-refractivity contribution is 6.33.